The topological polar surface area (TPSA) is 63.7 Å². The number of carbonyl (C=O) groups is 1. The van der Waals surface area contributed by atoms with Gasteiger partial charge in [-0.3, -0.25) is 9.69 Å². The van der Waals surface area contributed by atoms with Crippen LogP contribution in [-0.4, -0.2) is 48.7 Å². The molecule has 0 unspecified atom stereocenters. The molecule has 32 heavy (non-hydrogen) atoms. The highest BCUT2D eigenvalue weighted by Crippen LogP contribution is 2.32. The van der Waals surface area contributed by atoms with Crippen molar-refractivity contribution in [1.29, 1.82) is 0 Å². The maximum absolute atomic E-state index is 12.5. The van der Waals surface area contributed by atoms with Gasteiger partial charge in [-0.2, -0.15) is 0 Å². The third kappa shape index (κ3) is 6.38. The third-order valence-electron chi connectivity index (χ3n) is 5.30. The average molecular weight is 452 g/mol. The Bertz CT molecular complexity index is 999. The number of nitrogens with one attached hydrogen (secondary N) is 1. The van der Waals surface area contributed by atoms with Gasteiger partial charge in [-0.25, -0.2) is 4.98 Å². The Kier molecular flexibility index (Phi) is 7.87. The van der Waals surface area contributed by atoms with Gasteiger partial charge in [0.2, 0.25) is 5.91 Å². The first-order valence-corrected chi connectivity index (χ1v) is 11.8. The lowest BCUT2D eigenvalue weighted by Gasteiger charge is -2.26. The van der Waals surface area contributed by atoms with Gasteiger partial charge in [0.15, 0.2) is 5.13 Å². The highest BCUT2D eigenvalue weighted by atomic mass is 32.1. The highest BCUT2D eigenvalue weighted by Gasteiger charge is 2.19. The van der Waals surface area contributed by atoms with Crippen LogP contribution in [0.25, 0.3) is 11.3 Å². The third-order valence-corrected chi connectivity index (χ3v) is 6.26. The first kappa shape index (κ1) is 22.5. The van der Waals surface area contributed by atoms with E-state index >= 15 is 0 Å². The van der Waals surface area contributed by atoms with E-state index in [1.165, 1.54) is 5.56 Å². The Morgan fingerprint density at radius 2 is 1.88 bits per heavy atom. The molecular weight excluding hydrogens is 422 g/mol. The van der Waals surface area contributed by atoms with Crippen LogP contribution in [0.2, 0.25) is 0 Å². The number of morpholine rings is 1. The molecular formula is C25H29N3O3S. The van der Waals surface area contributed by atoms with Crippen LogP contribution >= 0.6 is 11.3 Å². The Morgan fingerprint density at radius 1 is 1.12 bits per heavy atom. The number of hydrogen-bond donors (Lipinski definition) is 1. The number of nitrogens with zero attached hydrogens (tertiary/aromatic N) is 2. The molecule has 1 aromatic heterocycles. The Balaban J connectivity index is 1.34. The molecule has 1 amide bonds. The van der Waals surface area contributed by atoms with E-state index < -0.39 is 0 Å². The number of thiazole rings is 1. The molecule has 4 rings (SSSR count). The Labute approximate surface area is 193 Å². The lowest BCUT2D eigenvalue weighted by Crippen LogP contribution is -2.35. The van der Waals surface area contributed by atoms with E-state index in [0.29, 0.717) is 24.6 Å². The van der Waals surface area contributed by atoms with Crippen LogP contribution in [0.15, 0.2) is 54.6 Å². The van der Waals surface area contributed by atoms with Crippen LogP contribution in [0.3, 0.4) is 0 Å². The maximum atomic E-state index is 12.5. The molecule has 0 saturated carbocycles. The zero-order valence-corrected chi connectivity index (χ0v) is 19.2. The predicted octanol–water partition coefficient (Wildman–Crippen LogP) is 4.75. The van der Waals surface area contributed by atoms with Gasteiger partial charge < -0.3 is 14.8 Å². The van der Waals surface area contributed by atoms with Crippen molar-refractivity contribution < 1.29 is 14.3 Å². The summed E-state index contributed by atoms with van der Waals surface area (Å²) in [6.07, 6.45) is 1.04. The molecule has 3 aromatic rings. The predicted molar refractivity (Wildman–Crippen MR) is 128 cm³/mol. The number of ether oxygens (including phenoxy) is 2. The molecule has 1 saturated heterocycles. The minimum atomic E-state index is -0.0382. The number of aryl methyl sites for hydroxylation is 1. The molecule has 2 heterocycles. The van der Waals surface area contributed by atoms with Gasteiger partial charge in [0, 0.05) is 36.5 Å². The fraction of sp³-hybridized carbons (Fsp3) is 0.360. The standard InChI is InChI=1S/C25H29N3O3S/c1-19-9-11-21(12-10-19)31-15-5-8-23(29)26-25-27-24(20-6-3-2-4-7-20)22(32-25)18-28-13-16-30-17-14-28/h2-4,6-7,9-12H,5,8,13-18H2,1H3,(H,26,27,29). The summed E-state index contributed by atoms with van der Waals surface area (Å²) in [6, 6.07) is 18.1. The summed E-state index contributed by atoms with van der Waals surface area (Å²) >= 11 is 1.56. The lowest BCUT2D eigenvalue weighted by molar-refractivity contribution is -0.116. The molecule has 1 aliphatic rings. The van der Waals surface area contributed by atoms with Crippen LogP contribution in [-0.2, 0) is 16.1 Å². The molecule has 0 aliphatic carbocycles. The molecule has 1 aliphatic heterocycles. The van der Waals surface area contributed by atoms with E-state index in [9.17, 15) is 4.79 Å². The van der Waals surface area contributed by atoms with Gasteiger partial charge in [-0.15, -0.1) is 0 Å². The number of anilines is 1. The first-order chi connectivity index (χ1) is 15.7. The maximum Gasteiger partial charge on any atom is 0.226 e. The number of benzene rings is 2. The molecule has 0 spiro atoms. The van der Waals surface area contributed by atoms with E-state index in [2.05, 4.69) is 22.3 Å². The van der Waals surface area contributed by atoms with Gasteiger partial charge >= 0.3 is 0 Å². The smallest absolute Gasteiger partial charge is 0.226 e. The zero-order valence-electron chi connectivity index (χ0n) is 18.4. The van der Waals surface area contributed by atoms with Crippen molar-refractivity contribution in [1.82, 2.24) is 9.88 Å². The van der Waals surface area contributed by atoms with Gasteiger partial charge in [-0.05, 0) is 25.5 Å². The van der Waals surface area contributed by atoms with Gasteiger partial charge in [0.05, 0.1) is 25.5 Å². The van der Waals surface area contributed by atoms with Crippen molar-refractivity contribution in [2.75, 3.05) is 38.2 Å². The Hall–Kier alpha value is -2.74. The molecule has 168 valence electrons. The monoisotopic (exact) mass is 451 g/mol. The second-order valence-electron chi connectivity index (χ2n) is 7.86. The minimum absolute atomic E-state index is 0.0382. The molecule has 1 fully saturated rings. The van der Waals surface area contributed by atoms with Gasteiger partial charge in [-0.1, -0.05) is 59.4 Å². The van der Waals surface area contributed by atoms with E-state index in [0.717, 1.165) is 54.7 Å². The van der Waals surface area contributed by atoms with Crippen LogP contribution in [0, 0.1) is 6.92 Å². The quantitative estimate of drug-likeness (QED) is 0.476. The van der Waals surface area contributed by atoms with Crippen LogP contribution < -0.4 is 10.1 Å². The molecule has 2 aromatic carbocycles. The van der Waals surface area contributed by atoms with Crippen LogP contribution in [0.1, 0.15) is 23.3 Å². The molecule has 0 bridgehead atoms. The summed E-state index contributed by atoms with van der Waals surface area (Å²) in [4.78, 5) is 20.8. The first-order valence-electron chi connectivity index (χ1n) is 11.0. The highest BCUT2D eigenvalue weighted by molar-refractivity contribution is 7.16. The zero-order chi connectivity index (χ0) is 22.2. The largest absolute Gasteiger partial charge is 0.494 e. The summed E-state index contributed by atoms with van der Waals surface area (Å²) in [5, 5.41) is 3.64. The average Bonchev–Trinajstić information content (AvgIpc) is 3.21. The van der Waals surface area contributed by atoms with E-state index in [1.807, 2.05) is 49.4 Å². The SMILES string of the molecule is Cc1ccc(OCCCC(=O)Nc2nc(-c3ccccc3)c(CN3CCOCC3)s2)cc1. The summed E-state index contributed by atoms with van der Waals surface area (Å²) in [7, 11) is 0. The van der Waals surface area contributed by atoms with Crippen molar-refractivity contribution >= 4 is 22.4 Å². The van der Waals surface area contributed by atoms with E-state index in [1.54, 1.807) is 11.3 Å². The number of rotatable bonds is 9. The summed E-state index contributed by atoms with van der Waals surface area (Å²) < 4.78 is 11.2. The molecule has 0 radical (unpaired) electrons. The van der Waals surface area contributed by atoms with E-state index in [4.69, 9.17) is 14.5 Å². The summed E-state index contributed by atoms with van der Waals surface area (Å²) in [6.45, 7) is 6.70. The molecule has 0 atom stereocenters. The van der Waals surface area contributed by atoms with Crippen LogP contribution in [0.4, 0.5) is 5.13 Å². The van der Waals surface area contributed by atoms with Crippen molar-refractivity contribution in [3.05, 3.63) is 65.0 Å². The molecule has 7 heteroatoms. The van der Waals surface area contributed by atoms with Crippen LogP contribution in [0.5, 0.6) is 5.75 Å². The number of amides is 1. The second-order valence-corrected chi connectivity index (χ2v) is 8.94. The number of hydrogen-bond acceptors (Lipinski definition) is 6. The van der Waals surface area contributed by atoms with Crippen molar-refractivity contribution in [2.24, 2.45) is 0 Å². The number of aromatic nitrogens is 1. The summed E-state index contributed by atoms with van der Waals surface area (Å²) in [5.74, 6) is 0.792. The van der Waals surface area contributed by atoms with Crippen molar-refractivity contribution in [2.45, 2.75) is 26.3 Å². The van der Waals surface area contributed by atoms with Gasteiger partial charge in [0.25, 0.3) is 0 Å². The fourth-order valence-corrected chi connectivity index (χ4v) is 4.58. The summed E-state index contributed by atoms with van der Waals surface area (Å²) in [5.41, 5.74) is 3.21. The van der Waals surface area contributed by atoms with Gasteiger partial charge in [0.1, 0.15) is 5.75 Å². The fourth-order valence-electron chi connectivity index (χ4n) is 3.54. The molecule has 6 nitrogen and oxygen atoms in total. The minimum Gasteiger partial charge on any atom is -0.494 e. The molecule has 1 N–H and O–H groups in total. The second kappa shape index (κ2) is 11.2. The van der Waals surface area contributed by atoms with E-state index in [-0.39, 0.29) is 5.91 Å². The van der Waals surface area contributed by atoms with Crippen molar-refractivity contribution in [3.63, 3.8) is 0 Å². The normalized spacial score (nSPS) is 14.3. The number of carbonyl (C=O) groups excluding carboxylic acids is 1. The lowest BCUT2D eigenvalue weighted by atomic mass is 10.1. The van der Waals surface area contributed by atoms with Crippen molar-refractivity contribution in [3.8, 4) is 17.0 Å². The Morgan fingerprint density at radius 3 is 2.62 bits per heavy atom.